The SMILES string of the molecule is N=N/N=N/N=N/N(O)OO. The van der Waals surface area contributed by atoms with E-state index >= 15 is 0 Å². The lowest BCUT2D eigenvalue weighted by Gasteiger charge is -1.96. The molecule has 0 saturated carbocycles. The molecule has 0 aromatic heterocycles. The minimum atomic E-state index is -0.372. The Morgan fingerprint density at radius 1 is 1.30 bits per heavy atom. The van der Waals surface area contributed by atoms with E-state index in [0.29, 0.717) is 0 Å². The summed E-state index contributed by atoms with van der Waals surface area (Å²) in [7, 11) is 0. The lowest BCUT2D eigenvalue weighted by molar-refractivity contribution is -0.496. The molecule has 3 N–H and O–H groups in total. The van der Waals surface area contributed by atoms with Crippen LogP contribution in [-0.4, -0.2) is 15.8 Å². The van der Waals surface area contributed by atoms with Gasteiger partial charge in [-0.15, -0.1) is 0 Å². The second kappa shape index (κ2) is 5.61. The zero-order valence-electron chi connectivity index (χ0n) is 4.49. The van der Waals surface area contributed by atoms with Crippen molar-refractivity contribution in [2.45, 2.75) is 0 Å². The lowest BCUT2D eigenvalue weighted by Crippen LogP contribution is -2.07. The van der Waals surface area contributed by atoms with Gasteiger partial charge in [0, 0.05) is 15.8 Å². The Hall–Kier alpha value is -1.52. The molecular formula is H3N7O3. The Kier molecular flexibility index (Phi) is 4.76. The van der Waals surface area contributed by atoms with E-state index in [0.717, 1.165) is 0 Å². The van der Waals surface area contributed by atoms with Gasteiger partial charge in [0.25, 0.3) is 0 Å². The summed E-state index contributed by atoms with van der Waals surface area (Å²) in [6.45, 7) is 0. The summed E-state index contributed by atoms with van der Waals surface area (Å²) in [4.78, 5) is 3.08. The fraction of sp³-hybridized carbons (Fsp3) is 0. The molecule has 0 saturated heterocycles. The van der Waals surface area contributed by atoms with Gasteiger partial charge in [-0.05, 0) is 15.7 Å². The molecule has 10 heteroatoms. The summed E-state index contributed by atoms with van der Waals surface area (Å²) in [5.41, 5.74) is 6.04. The van der Waals surface area contributed by atoms with E-state index in [9.17, 15) is 0 Å². The van der Waals surface area contributed by atoms with Crippen LogP contribution >= 0.6 is 0 Å². The number of hydrogen-bond acceptors (Lipinski definition) is 5. The molecule has 0 unspecified atom stereocenters. The predicted molar refractivity (Wildman–Crippen MR) is 22.2 cm³/mol. The van der Waals surface area contributed by atoms with Crippen molar-refractivity contribution in [1.82, 2.24) is 5.34 Å². The first-order valence-electron chi connectivity index (χ1n) is 1.79. The Morgan fingerprint density at radius 3 is 2.50 bits per heavy atom. The number of nitrogens with one attached hydrogen (secondary N) is 1. The van der Waals surface area contributed by atoms with Crippen LogP contribution in [0.3, 0.4) is 0 Å². The first-order chi connectivity index (χ1) is 4.81. The molecule has 10 heavy (non-hydrogen) atoms. The van der Waals surface area contributed by atoms with Crippen LogP contribution in [0, 0.1) is 5.53 Å². The van der Waals surface area contributed by atoms with Crippen LogP contribution in [0.1, 0.15) is 0 Å². The maximum Gasteiger partial charge on any atom is 0.0179 e. The molecule has 0 spiro atoms. The van der Waals surface area contributed by atoms with Crippen LogP contribution in [0.25, 0.3) is 0 Å². The summed E-state index contributed by atoms with van der Waals surface area (Å²) in [6, 6.07) is 0. The highest BCUT2D eigenvalue weighted by Gasteiger charge is 1.87. The van der Waals surface area contributed by atoms with Crippen LogP contribution in [0.2, 0.25) is 0 Å². The van der Waals surface area contributed by atoms with Gasteiger partial charge in [-0.3, -0.25) is 0 Å². The van der Waals surface area contributed by atoms with Gasteiger partial charge in [0.05, 0.1) is 0 Å². The molecule has 0 heterocycles. The highest BCUT2D eigenvalue weighted by atomic mass is 17.3. The summed E-state index contributed by atoms with van der Waals surface area (Å²) in [5, 5.41) is 28.4. The minimum Gasteiger partial charge on any atom is -0.244 e. The van der Waals surface area contributed by atoms with Gasteiger partial charge in [0.1, 0.15) is 0 Å². The van der Waals surface area contributed by atoms with Crippen molar-refractivity contribution < 1.29 is 15.5 Å². The molecule has 0 radical (unpaired) electrons. The van der Waals surface area contributed by atoms with Gasteiger partial charge in [0.2, 0.25) is 0 Å². The fourth-order valence-electron chi connectivity index (χ4n) is 0.106. The number of hydrogen-bond donors (Lipinski definition) is 3. The Morgan fingerprint density at radius 2 is 2.00 bits per heavy atom. The highest BCUT2D eigenvalue weighted by Crippen LogP contribution is 1.85. The quantitative estimate of drug-likeness (QED) is 0.308. The van der Waals surface area contributed by atoms with Crippen LogP contribution in [0.5, 0.6) is 0 Å². The Labute approximate surface area is 53.7 Å². The normalized spacial score (nSPS) is 11.0. The van der Waals surface area contributed by atoms with Crippen molar-refractivity contribution in [3.05, 3.63) is 0 Å². The molecule has 56 valence electrons. The van der Waals surface area contributed by atoms with E-state index in [1.165, 1.54) is 0 Å². The van der Waals surface area contributed by atoms with E-state index in [-0.39, 0.29) is 5.34 Å². The highest BCUT2D eigenvalue weighted by molar-refractivity contribution is 4.01. The topological polar surface area (TPSA) is 139 Å². The van der Waals surface area contributed by atoms with Crippen LogP contribution < -0.4 is 0 Å². The summed E-state index contributed by atoms with van der Waals surface area (Å²) >= 11 is 0. The van der Waals surface area contributed by atoms with Gasteiger partial charge >= 0.3 is 0 Å². The van der Waals surface area contributed by atoms with Crippen molar-refractivity contribution in [2.75, 3.05) is 0 Å². The zero-order valence-corrected chi connectivity index (χ0v) is 4.49. The number of nitrogens with zero attached hydrogens (tertiary/aromatic N) is 6. The second-order valence-electron chi connectivity index (χ2n) is 0.792. The monoisotopic (exact) mass is 149 g/mol. The van der Waals surface area contributed by atoms with Gasteiger partial charge < -0.3 is 0 Å². The van der Waals surface area contributed by atoms with Gasteiger partial charge in [-0.2, -0.15) is 5.53 Å². The molecule has 0 aromatic carbocycles. The van der Waals surface area contributed by atoms with Crippen molar-refractivity contribution in [2.24, 2.45) is 26.1 Å². The largest absolute Gasteiger partial charge is 0.244 e. The molecule has 0 fully saturated rings. The standard InChI is InChI=1S/H3N7O3/c1-2-3-4-5-6-7(8)10-9/h1,8-9H/b2-1?,4-3+,6-5+. The average Bonchev–Trinajstić information content (AvgIpc) is 1.98. The second-order valence-corrected chi connectivity index (χ2v) is 0.792. The molecule has 0 aliphatic heterocycles. The molecule has 0 amide bonds. The first-order valence-corrected chi connectivity index (χ1v) is 1.79. The maximum absolute atomic E-state index is 8.08. The zero-order chi connectivity index (χ0) is 7.82. The molecule has 0 aliphatic carbocycles. The van der Waals surface area contributed by atoms with Crippen LogP contribution in [0.4, 0.5) is 0 Å². The van der Waals surface area contributed by atoms with Crippen molar-refractivity contribution in [1.29, 1.82) is 5.53 Å². The number of rotatable bonds is 4. The summed E-state index contributed by atoms with van der Waals surface area (Å²) in [6.07, 6.45) is 0. The van der Waals surface area contributed by atoms with Gasteiger partial charge in [0.15, 0.2) is 0 Å². The van der Waals surface area contributed by atoms with E-state index in [1.807, 2.05) is 0 Å². The first kappa shape index (κ1) is 8.48. The summed E-state index contributed by atoms with van der Waals surface area (Å²) < 4.78 is 0. The maximum atomic E-state index is 8.08. The van der Waals surface area contributed by atoms with Crippen LogP contribution in [0.15, 0.2) is 26.1 Å². The molecule has 0 bridgehead atoms. The van der Waals surface area contributed by atoms with Crippen molar-refractivity contribution >= 4 is 0 Å². The average molecular weight is 149 g/mol. The third-order valence-electron chi connectivity index (χ3n) is 0.314. The van der Waals surface area contributed by atoms with Crippen LogP contribution in [-0.2, 0) is 4.99 Å². The smallest absolute Gasteiger partial charge is 0.0179 e. The molecular weight excluding hydrogens is 146 g/mol. The third-order valence-corrected chi connectivity index (χ3v) is 0.314. The molecule has 0 aromatic rings. The fourth-order valence-corrected chi connectivity index (χ4v) is 0.106. The van der Waals surface area contributed by atoms with Crippen molar-refractivity contribution in [3.63, 3.8) is 0 Å². The molecule has 0 aliphatic rings. The third kappa shape index (κ3) is 4.63. The molecule has 0 atom stereocenters. The lowest BCUT2D eigenvalue weighted by atomic mass is 12.4. The van der Waals surface area contributed by atoms with Crippen molar-refractivity contribution in [3.8, 4) is 0 Å². The van der Waals surface area contributed by atoms with Gasteiger partial charge in [-0.25, -0.2) is 10.5 Å². The molecule has 0 rings (SSSR count). The molecule has 10 nitrogen and oxygen atoms in total. The van der Waals surface area contributed by atoms with E-state index in [4.69, 9.17) is 16.0 Å². The predicted octanol–water partition coefficient (Wildman–Crippen LogP) is 0.763. The van der Waals surface area contributed by atoms with Gasteiger partial charge in [-0.1, -0.05) is 4.99 Å². The van der Waals surface area contributed by atoms with E-state index in [1.54, 1.807) is 0 Å². The summed E-state index contributed by atoms with van der Waals surface area (Å²) in [5.74, 6) is 0. The van der Waals surface area contributed by atoms with E-state index in [2.05, 4.69) is 31.1 Å². The Balaban J connectivity index is 3.54. The Bertz CT molecular complexity index is 138. The van der Waals surface area contributed by atoms with E-state index < -0.39 is 0 Å². The minimum absolute atomic E-state index is 0.372.